The highest BCUT2D eigenvalue weighted by molar-refractivity contribution is 9.10. The molecule has 1 N–H and O–H groups in total. The minimum absolute atomic E-state index is 0.138. The van der Waals surface area contributed by atoms with Crippen molar-refractivity contribution in [3.8, 4) is 0 Å². The summed E-state index contributed by atoms with van der Waals surface area (Å²) in [5.74, 6) is 0.296. The van der Waals surface area contributed by atoms with Crippen LogP contribution in [0.15, 0.2) is 34.9 Å². The molecule has 1 saturated carbocycles. The third-order valence-electron chi connectivity index (χ3n) is 3.95. The molecule has 1 aromatic heterocycles. The molecule has 0 saturated heterocycles. The molecule has 0 radical (unpaired) electrons. The fraction of sp³-hybridized carbons (Fsp3) is 0.375. The standard InChI is InChI=1S/C16H17BrN2O/c17-13-8-9-14(15-12(13)7-4-10-18-15)19-16(20)11-5-2-1-3-6-11/h4,7-11H,1-3,5-6H2,(H,19,20). The van der Waals surface area contributed by atoms with E-state index in [-0.39, 0.29) is 11.8 Å². The van der Waals surface area contributed by atoms with E-state index in [2.05, 4.69) is 26.2 Å². The average Bonchev–Trinajstić information content (AvgIpc) is 2.51. The van der Waals surface area contributed by atoms with Gasteiger partial charge in [-0.3, -0.25) is 9.78 Å². The summed E-state index contributed by atoms with van der Waals surface area (Å²) in [5, 5.41) is 4.08. The van der Waals surface area contributed by atoms with Crippen molar-refractivity contribution in [1.29, 1.82) is 0 Å². The highest BCUT2D eigenvalue weighted by Crippen LogP contribution is 2.30. The molecule has 2 aromatic rings. The average molecular weight is 333 g/mol. The van der Waals surface area contributed by atoms with E-state index < -0.39 is 0 Å². The maximum Gasteiger partial charge on any atom is 0.227 e. The van der Waals surface area contributed by atoms with E-state index in [0.717, 1.165) is 46.7 Å². The second-order valence-corrected chi connectivity index (χ2v) is 6.17. The van der Waals surface area contributed by atoms with Crippen LogP contribution in [0.2, 0.25) is 0 Å². The predicted octanol–water partition coefficient (Wildman–Crippen LogP) is 4.52. The number of anilines is 1. The number of aromatic nitrogens is 1. The zero-order chi connectivity index (χ0) is 13.9. The number of carbonyl (C=O) groups excluding carboxylic acids is 1. The number of hydrogen-bond donors (Lipinski definition) is 1. The van der Waals surface area contributed by atoms with Gasteiger partial charge in [0.1, 0.15) is 0 Å². The van der Waals surface area contributed by atoms with Crippen LogP contribution in [0.3, 0.4) is 0 Å². The van der Waals surface area contributed by atoms with Gasteiger partial charge in [0.05, 0.1) is 11.2 Å². The van der Waals surface area contributed by atoms with Crippen LogP contribution < -0.4 is 5.32 Å². The van der Waals surface area contributed by atoms with E-state index in [1.54, 1.807) is 6.20 Å². The lowest BCUT2D eigenvalue weighted by molar-refractivity contribution is -0.120. The van der Waals surface area contributed by atoms with Crippen molar-refractivity contribution in [2.45, 2.75) is 32.1 Å². The Kier molecular flexibility index (Phi) is 4.01. The number of nitrogens with one attached hydrogen (secondary N) is 1. The summed E-state index contributed by atoms with van der Waals surface area (Å²) < 4.78 is 0.997. The van der Waals surface area contributed by atoms with Crippen LogP contribution in [0, 0.1) is 5.92 Å². The van der Waals surface area contributed by atoms with Crippen molar-refractivity contribution in [2.24, 2.45) is 5.92 Å². The smallest absolute Gasteiger partial charge is 0.227 e. The largest absolute Gasteiger partial charge is 0.324 e. The number of amides is 1. The highest BCUT2D eigenvalue weighted by Gasteiger charge is 2.21. The number of rotatable bonds is 2. The Morgan fingerprint density at radius 1 is 1.20 bits per heavy atom. The molecule has 0 atom stereocenters. The van der Waals surface area contributed by atoms with E-state index >= 15 is 0 Å². The zero-order valence-corrected chi connectivity index (χ0v) is 12.8. The van der Waals surface area contributed by atoms with Crippen molar-refractivity contribution in [3.05, 3.63) is 34.9 Å². The van der Waals surface area contributed by atoms with Gasteiger partial charge in [0.2, 0.25) is 5.91 Å². The SMILES string of the molecule is O=C(Nc1ccc(Br)c2cccnc12)C1CCCCC1. The Labute approximate surface area is 126 Å². The van der Waals surface area contributed by atoms with Crippen LogP contribution in [0.25, 0.3) is 10.9 Å². The quantitative estimate of drug-likeness (QED) is 0.878. The lowest BCUT2D eigenvalue weighted by Gasteiger charge is -2.21. The zero-order valence-electron chi connectivity index (χ0n) is 11.2. The first-order valence-corrected chi connectivity index (χ1v) is 7.89. The summed E-state index contributed by atoms with van der Waals surface area (Å²) in [5.41, 5.74) is 1.64. The molecule has 104 valence electrons. The summed E-state index contributed by atoms with van der Waals surface area (Å²) in [4.78, 5) is 16.7. The van der Waals surface area contributed by atoms with Crippen molar-refractivity contribution in [3.63, 3.8) is 0 Å². The maximum absolute atomic E-state index is 12.3. The first-order chi connectivity index (χ1) is 9.75. The Hall–Kier alpha value is -1.42. The fourth-order valence-corrected chi connectivity index (χ4v) is 3.29. The Morgan fingerprint density at radius 3 is 2.80 bits per heavy atom. The highest BCUT2D eigenvalue weighted by atomic mass is 79.9. The molecule has 1 heterocycles. The number of carbonyl (C=O) groups is 1. The van der Waals surface area contributed by atoms with Crippen molar-refractivity contribution in [1.82, 2.24) is 4.98 Å². The fourth-order valence-electron chi connectivity index (χ4n) is 2.84. The lowest BCUT2D eigenvalue weighted by Crippen LogP contribution is -2.24. The third kappa shape index (κ3) is 2.70. The molecular weight excluding hydrogens is 316 g/mol. The van der Waals surface area contributed by atoms with Gasteiger partial charge in [-0.1, -0.05) is 41.3 Å². The van der Waals surface area contributed by atoms with Crippen molar-refractivity contribution >= 4 is 38.4 Å². The van der Waals surface area contributed by atoms with E-state index in [0.29, 0.717) is 0 Å². The molecule has 1 fully saturated rings. The van der Waals surface area contributed by atoms with Gasteiger partial charge in [0.15, 0.2) is 0 Å². The second kappa shape index (κ2) is 5.92. The Bertz CT molecular complexity index is 635. The van der Waals surface area contributed by atoms with Crippen LogP contribution in [-0.2, 0) is 4.79 Å². The van der Waals surface area contributed by atoms with Gasteiger partial charge in [-0.2, -0.15) is 0 Å². The van der Waals surface area contributed by atoms with E-state index in [1.165, 1.54) is 6.42 Å². The Balaban J connectivity index is 1.87. The monoisotopic (exact) mass is 332 g/mol. The van der Waals surface area contributed by atoms with Gasteiger partial charge in [0, 0.05) is 22.0 Å². The minimum Gasteiger partial charge on any atom is -0.324 e. The molecule has 0 unspecified atom stereocenters. The van der Waals surface area contributed by atoms with Crippen LogP contribution in [0.5, 0.6) is 0 Å². The molecule has 1 aliphatic carbocycles. The van der Waals surface area contributed by atoms with Gasteiger partial charge in [-0.05, 0) is 31.0 Å². The molecule has 0 aliphatic heterocycles. The minimum atomic E-state index is 0.138. The number of pyridine rings is 1. The van der Waals surface area contributed by atoms with Crippen LogP contribution in [0.4, 0.5) is 5.69 Å². The van der Waals surface area contributed by atoms with Gasteiger partial charge in [-0.25, -0.2) is 0 Å². The van der Waals surface area contributed by atoms with Gasteiger partial charge < -0.3 is 5.32 Å². The van der Waals surface area contributed by atoms with Gasteiger partial charge in [0.25, 0.3) is 0 Å². The van der Waals surface area contributed by atoms with E-state index in [4.69, 9.17) is 0 Å². The topological polar surface area (TPSA) is 42.0 Å². The molecule has 4 heteroatoms. The summed E-state index contributed by atoms with van der Waals surface area (Å²) >= 11 is 3.52. The van der Waals surface area contributed by atoms with E-state index in [9.17, 15) is 4.79 Å². The second-order valence-electron chi connectivity index (χ2n) is 5.32. The summed E-state index contributed by atoms with van der Waals surface area (Å²) in [6.07, 6.45) is 7.36. The summed E-state index contributed by atoms with van der Waals surface area (Å²) in [6.45, 7) is 0. The number of fused-ring (bicyclic) bond motifs is 1. The summed E-state index contributed by atoms with van der Waals surface area (Å²) in [6, 6.07) is 7.78. The molecule has 3 nitrogen and oxygen atoms in total. The van der Waals surface area contributed by atoms with Gasteiger partial charge in [-0.15, -0.1) is 0 Å². The summed E-state index contributed by atoms with van der Waals surface area (Å²) in [7, 11) is 0. The van der Waals surface area contributed by atoms with Crippen molar-refractivity contribution in [2.75, 3.05) is 5.32 Å². The van der Waals surface area contributed by atoms with Crippen LogP contribution in [-0.4, -0.2) is 10.9 Å². The lowest BCUT2D eigenvalue weighted by atomic mass is 9.88. The number of hydrogen-bond acceptors (Lipinski definition) is 2. The first kappa shape index (κ1) is 13.6. The number of nitrogens with zero attached hydrogens (tertiary/aromatic N) is 1. The molecule has 1 aromatic carbocycles. The molecule has 0 spiro atoms. The first-order valence-electron chi connectivity index (χ1n) is 7.10. The van der Waals surface area contributed by atoms with Gasteiger partial charge >= 0.3 is 0 Å². The molecular formula is C16H17BrN2O. The number of benzene rings is 1. The molecule has 3 rings (SSSR count). The maximum atomic E-state index is 12.3. The normalized spacial score (nSPS) is 16.2. The molecule has 0 bridgehead atoms. The third-order valence-corrected chi connectivity index (χ3v) is 4.64. The number of halogens is 1. The molecule has 1 amide bonds. The van der Waals surface area contributed by atoms with Crippen LogP contribution >= 0.6 is 15.9 Å². The Morgan fingerprint density at radius 2 is 2.00 bits per heavy atom. The van der Waals surface area contributed by atoms with E-state index in [1.807, 2.05) is 24.3 Å². The molecule has 20 heavy (non-hydrogen) atoms. The molecule has 1 aliphatic rings. The van der Waals surface area contributed by atoms with Crippen molar-refractivity contribution < 1.29 is 4.79 Å². The predicted molar refractivity (Wildman–Crippen MR) is 84.6 cm³/mol. The van der Waals surface area contributed by atoms with Crippen LogP contribution in [0.1, 0.15) is 32.1 Å².